The molecule has 1 aromatic rings. The number of para-hydroxylation sites is 1. The molecule has 0 unspecified atom stereocenters. The van der Waals surface area contributed by atoms with Crippen molar-refractivity contribution in [2.45, 2.75) is 36.9 Å². The lowest BCUT2D eigenvalue weighted by atomic mass is 9.80. The van der Waals surface area contributed by atoms with Crippen LogP contribution < -0.4 is 4.90 Å². The fourth-order valence-corrected chi connectivity index (χ4v) is 4.50. The lowest BCUT2D eigenvalue weighted by Gasteiger charge is -2.49. The molecule has 0 aliphatic carbocycles. The van der Waals surface area contributed by atoms with E-state index in [1.54, 1.807) is 4.90 Å². The Labute approximate surface area is 128 Å². The van der Waals surface area contributed by atoms with E-state index in [-0.39, 0.29) is 5.91 Å². The molecule has 3 aliphatic heterocycles. The van der Waals surface area contributed by atoms with Crippen molar-refractivity contribution < 1.29 is 19.4 Å². The molecule has 2 atom stereocenters. The quantitative estimate of drug-likeness (QED) is 0.790. The normalized spacial score (nSPS) is 32.5. The molecule has 22 heavy (non-hydrogen) atoms. The van der Waals surface area contributed by atoms with Gasteiger partial charge in [0, 0.05) is 24.9 Å². The fraction of sp³-hybridized carbons (Fsp3) is 0.500. The van der Waals surface area contributed by atoms with Crippen molar-refractivity contribution in [3.05, 3.63) is 29.8 Å². The van der Waals surface area contributed by atoms with Gasteiger partial charge in [-0.1, -0.05) is 18.2 Å². The molecule has 2 amide bonds. The number of fused-ring (bicyclic) bond motifs is 3. The van der Waals surface area contributed by atoms with Gasteiger partial charge in [0.05, 0.1) is 12.8 Å². The van der Waals surface area contributed by atoms with Gasteiger partial charge in [0.1, 0.15) is 5.60 Å². The summed E-state index contributed by atoms with van der Waals surface area (Å²) >= 11 is 0. The van der Waals surface area contributed by atoms with Gasteiger partial charge in [-0.15, -0.1) is 0 Å². The van der Waals surface area contributed by atoms with E-state index in [0.29, 0.717) is 37.9 Å². The minimum atomic E-state index is -1.23. The number of benzene rings is 1. The number of ether oxygens (including phenoxy) is 1. The van der Waals surface area contributed by atoms with Gasteiger partial charge >= 0.3 is 6.09 Å². The molecule has 4 rings (SSSR count). The van der Waals surface area contributed by atoms with Gasteiger partial charge in [-0.05, 0) is 18.9 Å². The number of carbonyl (C=O) groups is 2. The van der Waals surface area contributed by atoms with E-state index in [9.17, 15) is 14.7 Å². The van der Waals surface area contributed by atoms with Gasteiger partial charge in [-0.3, -0.25) is 14.6 Å². The summed E-state index contributed by atoms with van der Waals surface area (Å²) in [5, 5.41) is 11.5. The van der Waals surface area contributed by atoms with E-state index in [1.165, 1.54) is 12.0 Å². The zero-order chi connectivity index (χ0) is 15.5. The zero-order valence-corrected chi connectivity index (χ0v) is 12.4. The largest absolute Gasteiger partial charge is 0.453 e. The Morgan fingerprint density at radius 2 is 2.09 bits per heavy atom. The first-order chi connectivity index (χ1) is 10.6. The molecule has 2 fully saturated rings. The molecule has 3 aliphatic rings. The summed E-state index contributed by atoms with van der Waals surface area (Å²) in [5.41, 5.74) is -0.826. The molecule has 0 bridgehead atoms. The SMILES string of the molecule is COC(=O)N1CC[C@]2(O)c3ccccc3N3C(=O)CCC[C@]132. The molecular formula is C16H18N2O4. The second-order valence-electron chi connectivity index (χ2n) is 6.15. The van der Waals surface area contributed by atoms with Crippen molar-refractivity contribution in [2.75, 3.05) is 18.6 Å². The molecule has 6 heteroatoms. The number of piperidine rings is 1. The van der Waals surface area contributed by atoms with Gasteiger partial charge in [0.15, 0.2) is 5.66 Å². The maximum absolute atomic E-state index is 12.6. The second kappa shape index (κ2) is 4.23. The first-order valence-corrected chi connectivity index (χ1v) is 7.57. The van der Waals surface area contributed by atoms with E-state index >= 15 is 0 Å². The minimum absolute atomic E-state index is 0.0505. The van der Waals surface area contributed by atoms with E-state index < -0.39 is 17.4 Å². The van der Waals surface area contributed by atoms with Gasteiger partial charge < -0.3 is 9.84 Å². The number of anilines is 1. The minimum Gasteiger partial charge on any atom is -0.453 e. The lowest BCUT2D eigenvalue weighted by molar-refractivity contribution is -0.129. The third-order valence-corrected chi connectivity index (χ3v) is 5.33. The molecule has 1 aromatic carbocycles. The number of hydrogen-bond donors (Lipinski definition) is 1. The summed E-state index contributed by atoms with van der Waals surface area (Å²) in [6.07, 6.45) is 1.55. The maximum atomic E-state index is 12.6. The van der Waals surface area contributed by atoms with Crippen molar-refractivity contribution >= 4 is 17.7 Å². The molecule has 6 nitrogen and oxygen atoms in total. The molecule has 0 radical (unpaired) electrons. The number of hydrogen-bond acceptors (Lipinski definition) is 4. The van der Waals surface area contributed by atoms with E-state index in [4.69, 9.17) is 4.74 Å². The Hall–Kier alpha value is -2.08. The van der Waals surface area contributed by atoms with Crippen molar-refractivity contribution in [3.8, 4) is 0 Å². The van der Waals surface area contributed by atoms with Gasteiger partial charge in [0.2, 0.25) is 5.91 Å². The van der Waals surface area contributed by atoms with E-state index in [2.05, 4.69) is 0 Å². The van der Waals surface area contributed by atoms with Crippen molar-refractivity contribution in [1.29, 1.82) is 0 Å². The average molecular weight is 302 g/mol. The predicted molar refractivity (Wildman–Crippen MR) is 78.1 cm³/mol. The molecule has 116 valence electrons. The van der Waals surface area contributed by atoms with Crippen LogP contribution in [0.25, 0.3) is 0 Å². The van der Waals surface area contributed by atoms with Crippen LogP contribution in [0.4, 0.5) is 10.5 Å². The van der Waals surface area contributed by atoms with Crippen LogP contribution in [0.5, 0.6) is 0 Å². The molecule has 1 N–H and O–H groups in total. The van der Waals surface area contributed by atoms with Crippen LogP contribution in [0.3, 0.4) is 0 Å². The lowest BCUT2D eigenvalue weighted by Crippen LogP contribution is -2.67. The summed E-state index contributed by atoms with van der Waals surface area (Å²) in [4.78, 5) is 28.0. The Morgan fingerprint density at radius 1 is 1.32 bits per heavy atom. The average Bonchev–Trinajstić information content (AvgIpc) is 2.93. The third kappa shape index (κ3) is 1.30. The molecule has 3 heterocycles. The Kier molecular flexibility index (Phi) is 2.61. The summed E-state index contributed by atoms with van der Waals surface area (Å²) in [6.45, 7) is 0.376. The van der Waals surface area contributed by atoms with Gasteiger partial charge in [0.25, 0.3) is 0 Å². The van der Waals surface area contributed by atoms with Crippen LogP contribution in [-0.4, -0.2) is 41.3 Å². The second-order valence-corrected chi connectivity index (χ2v) is 6.15. The van der Waals surface area contributed by atoms with Gasteiger partial charge in [-0.2, -0.15) is 0 Å². The van der Waals surface area contributed by atoms with E-state index in [1.807, 2.05) is 24.3 Å². The summed E-state index contributed by atoms with van der Waals surface area (Å²) in [6, 6.07) is 7.39. The molecule has 1 spiro atoms. The summed E-state index contributed by atoms with van der Waals surface area (Å²) < 4.78 is 4.90. The summed E-state index contributed by atoms with van der Waals surface area (Å²) in [7, 11) is 1.33. The van der Waals surface area contributed by atoms with Crippen LogP contribution >= 0.6 is 0 Å². The van der Waals surface area contributed by atoms with Crippen LogP contribution in [0.1, 0.15) is 31.2 Å². The molecule has 2 saturated heterocycles. The van der Waals surface area contributed by atoms with Crippen LogP contribution in [0.15, 0.2) is 24.3 Å². The van der Waals surface area contributed by atoms with Crippen LogP contribution in [-0.2, 0) is 15.1 Å². The number of likely N-dealkylation sites (tertiary alicyclic amines) is 1. The first-order valence-electron chi connectivity index (χ1n) is 7.57. The number of amides is 2. The predicted octanol–water partition coefficient (Wildman–Crippen LogP) is 1.57. The fourth-order valence-electron chi connectivity index (χ4n) is 4.50. The molecular weight excluding hydrogens is 284 g/mol. The topological polar surface area (TPSA) is 70.1 Å². The van der Waals surface area contributed by atoms with Crippen molar-refractivity contribution in [1.82, 2.24) is 4.90 Å². The molecule has 0 saturated carbocycles. The van der Waals surface area contributed by atoms with Crippen molar-refractivity contribution in [3.63, 3.8) is 0 Å². The monoisotopic (exact) mass is 302 g/mol. The van der Waals surface area contributed by atoms with Crippen LogP contribution in [0, 0.1) is 0 Å². The highest BCUT2D eigenvalue weighted by Gasteiger charge is 2.71. The number of rotatable bonds is 0. The Morgan fingerprint density at radius 3 is 2.86 bits per heavy atom. The van der Waals surface area contributed by atoms with Crippen molar-refractivity contribution in [2.24, 2.45) is 0 Å². The summed E-state index contributed by atoms with van der Waals surface area (Å²) in [5.74, 6) is -0.0505. The highest BCUT2D eigenvalue weighted by atomic mass is 16.5. The number of methoxy groups -OCH3 is 1. The van der Waals surface area contributed by atoms with E-state index in [0.717, 1.165) is 5.56 Å². The smallest absolute Gasteiger partial charge is 0.411 e. The zero-order valence-electron chi connectivity index (χ0n) is 12.4. The molecule has 0 aromatic heterocycles. The maximum Gasteiger partial charge on any atom is 0.411 e. The first kappa shape index (κ1) is 13.6. The number of carbonyl (C=O) groups excluding carboxylic acids is 2. The van der Waals surface area contributed by atoms with Crippen LogP contribution in [0.2, 0.25) is 0 Å². The van der Waals surface area contributed by atoms with Gasteiger partial charge in [-0.25, -0.2) is 4.79 Å². The number of nitrogens with zero attached hydrogens (tertiary/aromatic N) is 2. The Balaban J connectivity index is 1.98. The highest BCUT2D eigenvalue weighted by Crippen LogP contribution is 2.60. The third-order valence-electron chi connectivity index (χ3n) is 5.33. The number of aliphatic hydroxyl groups is 1. The standard InChI is InChI=1S/C16H18N2O4/c1-22-14(20)17-10-9-15(21)11-5-2-3-6-12(11)18-13(19)7-4-8-16(15,17)18/h2-3,5-6,21H,4,7-10H2,1H3/t15-,16-/m0/s1. The Bertz CT molecular complexity index is 676. The highest BCUT2D eigenvalue weighted by molar-refractivity contribution is 6.00.